The van der Waals surface area contributed by atoms with Crippen LogP contribution in [0.15, 0.2) is 48.5 Å². The number of hydrogen-bond acceptors (Lipinski definition) is 6. The topological polar surface area (TPSA) is 92.8 Å². The number of thioether (sulfide) groups is 1. The number of carbonyl (C=O) groups excluding carboxylic acids is 4. The monoisotopic (exact) mass is 426 g/mol. The number of carbonyl (C=O) groups is 4. The Kier molecular flexibility index (Phi) is 6.89. The van der Waals surface area contributed by atoms with Gasteiger partial charge < -0.3 is 4.74 Å². The first kappa shape index (κ1) is 21.6. The van der Waals surface area contributed by atoms with Gasteiger partial charge >= 0.3 is 5.97 Å². The van der Waals surface area contributed by atoms with E-state index in [9.17, 15) is 19.2 Å². The summed E-state index contributed by atoms with van der Waals surface area (Å²) in [4.78, 5) is 49.9. The van der Waals surface area contributed by atoms with Crippen LogP contribution in [-0.4, -0.2) is 41.4 Å². The van der Waals surface area contributed by atoms with E-state index in [1.54, 1.807) is 43.3 Å². The fraction of sp³-hybridized carbons (Fsp3) is 0.273. The van der Waals surface area contributed by atoms with Gasteiger partial charge in [0, 0.05) is 11.3 Å². The van der Waals surface area contributed by atoms with Crippen LogP contribution in [0.5, 0.6) is 0 Å². The van der Waals surface area contributed by atoms with Crippen LogP contribution in [0.1, 0.15) is 28.4 Å². The smallest absolute Gasteiger partial charge is 0.326 e. The first-order chi connectivity index (χ1) is 14.4. The number of benzene rings is 2. The summed E-state index contributed by atoms with van der Waals surface area (Å²) in [7, 11) is 0. The number of nitrogens with one attached hydrogen (secondary N) is 1. The van der Waals surface area contributed by atoms with Crippen molar-refractivity contribution in [2.75, 3.05) is 18.1 Å². The maximum Gasteiger partial charge on any atom is 0.326 e. The minimum Gasteiger partial charge on any atom is -0.465 e. The van der Waals surface area contributed by atoms with Crippen molar-refractivity contribution >= 4 is 40.5 Å². The summed E-state index contributed by atoms with van der Waals surface area (Å²) in [5.74, 6) is -1.18. The minimum absolute atomic E-state index is 0.213. The second-order valence-corrected chi connectivity index (χ2v) is 8.00. The summed E-state index contributed by atoms with van der Waals surface area (Å²) in [6, 6.07) is 14.2. The van der Waals surface area contributed by atoms with E-state index < -0.39 is 11.2 Å². The van der Waals surface area contributed by atoms with Crippen molar-refractivity contribution in [3.63, 3.8) is 0 Å². The first-order valence-electron chi connectivity index (χ1n) is 9.52. The molecule has 1 N–H and O–H groups in total. The molecule has 1 aliphatic rings. The molecule has 0 aromatic heterocycles. The highest BCUT2D eigenvalue weighted by molar-refractivity contribution is 8.15. The molecule has 30 heavy (non-hydrogen) atoms. The average Bonchev–Trinajstić information content (AvgIpc) is 3.03. The second kappa shape index (κ2) is 9.58. The molecule has 2 aromatic carbocycles. The fourth-order valence-corrected chi connectivity index (χ4v) is 3.93. The first-order valence-corrected chi connectivity index (χ1v) is 10.4. The minimum atomic E-state index is -0.518. The Morgan fingerprint density at radius 2 is 1.87 bits per heavy atom. The second-order valence-electron chi connectivity index (χ2n) is 6.82. The molecule has 2 aromatic rings. The number of rotatable bonds is 7. The lowest BCUT2D eigenvalue weighted by Crippen LogP contribution is -2.36. The third-order valence-corrected chi connectivity index (χ3v) is 5.53. The normalized spacial score (nSPS) is 15.6. The van der Waals surface area contributed by atoms with Crippen LogP contribution < -0.4 is 10.2 Å². The molecule has 7 nitrogen and oxygen atoms in total. The van der Waals surface area contributed by atoms with Gasteiger partial charge in [-0.25, -0.2) is 0 Å². The van der Waals surface area contributed by atoms with Crippen LogP contribution >= 0.6 is 11.8 Å². The zero-order valence-corrected chi connectivity index (χ0v) is 17.5. The summed E-state index contributed by atoms with van der Waals surface area (Å²) in [6.07, 6.45) is 0.325. The van der Waals surface area contributed by atoms with E-state index in [4.69, 9.17) is 4.74 Å². The predicted molar refractivity (Wildman–Crippen MR) is 115 cm³/mol. The number of anilines is 1. The summed E-state index contributed by atoms with van der Waals surface area (Å²) in [5.41, 5.74) is 2.75. The highest BCUT2D eigenvalue weighted by atomic mass is 32.2. The van der Waals surface area contributed by atoms with Crippen molar-refractivity contribution in [2.45, 2.75) is 25.5 Å². The van der Waals surface area contributed by atoms with E-state index >= 15 is 0 Å². The third-order valence-electron chi connectivity index (χ3n) is 4.55. The zero-order chi connectivity index (χ0) is 21.7. The van der Waals surface area contributed by atoms with Crippen LogP contribution in [0.25, 0.3) is 0 Å². The molecule has 0 aliphatic carbocycles. The lowest BCUT2D eigenvalue weighted by atomic mass is 10.0. The van der Waals surface area contributed by atoms with Gasteiger partial charge in [0.15, 0.2) is 0 Å². The highest BCUT2D eigenvalue weighted by Gasteiger charge is 2.31. The summed E-state index contributed by atoms with van der Waals surface area (Å²) >= 11 is 0.945. The molecule has 1 heterocycles. The maximum absolute atomic E-state index is 13.3. The maximum atomic E-state index is 13.3. The fourth-order valence-electron chi connectivity index (χ4n) is 3.07. The van der Waals surface area contributed by atoms with Crippen molar-refractivity contribution < 1.29 is 23.9 Å². The summed E-state index contributed by atoms with van der Waals surface area (Å²) in [5, 5.41) is 1.38. The Bertz CT molecular complexity index is 974. The van der Waals surface area contributed by atoms with Crippen LogP contribution in [0.3, 0.4) is 0 Å². The third kappa shape index (κ3) is 5.27. The van der Waals surface area contributed by atoms with Gasteiger partial charge in [-0.3, -0.25) is 29.4 Å². The van der Waals surface area contributed by atoms with E-state index in [0.717, 1.165) is 22.9 Å². The highest BCUT2D eigenvalue weighted by Crippen LogP contribution is 2.24. The van der Waals surface area contributed by atoms with Gasteiger partial charge in [-0.05, 0) is 50.1 Å². The van der Waals surface area contributed by atoms with Gasteiger partial charge in [-0.1, -0.05) is 41.6 Å². The van der Waals surface area contributed by atoms with Crippen LogP contribution in [0.4, 0.5) is 10.5 Å². The number of ether oxygens (including phenoxy) is 1. The molecule has 0 bridgehead atoms. The van der Waals surface area contributed by atoms with Crippen molar-refractivity contribution in [1.29, 1.82) is 0 Å². The zero-order valence-electron chi connectivity index (χ0n) is 16.7. The molecule has 1 atom stereocenters. The Labute approximate surface area is 178 Å². The van der Waals surface area contributed by atoms with E-state index in [2.05, 4.69) is 5.32 Å². The number of imide groups is 1. The van der Waals surface area contributed by atoms with Crippen LogP contribution in [0.2, 0.25) is 0 Å². The SMILES string of the molecule is CCOC(=O)CN(C(=O)c1cccc(CC2SC(=O)NC2=O)c1)c1ccc(C)cc1. The molecular formula is C22H22N2O5S. The van der Waals surface area contributed by atoms with Crippen LogP contribution in [-0.2, 0) is 20.7 Å². The average molecular weight is 426 g/mol. The lowest BCUT2D eigenvalue weighted by Gasteiger charge is -2.22. The molecule has 8 heteroatoms. The summed E-state index contributed by atoms with van der Waals surface area (Å²) < 4.78 is 5.03. The van der Waals surface area contributed by atoms with Crippen molar-refractivity contribution in [3.05, 3.63) is 65.2 Å². The molecule has 3 amide bonds. The standard InChI is InChI=1S/C22H22N2O5S/c1-3-29-19(25)13-24(17-9-7-14(2)8-10-17)21(27)16-6-4-5-15(11-16)12-18-20(26)23-22(28)30-18/h4-11,18H,3,12-13H2,1-2H3,(H,23,26,28). The number of esters is 1. The molecule has 0 radical (unpaired) electrons. The Morgan fingerprint density at radius 1 is 1.13 bits per heavy atom. The number of aryl methyl sites for hydroxylation is 1. The van der Waals surface area contributed by atoms with E-state index in [0.29, 0.717) is 17.7 Å². The largest absolute Gasteiger partial charge is 0.465 e. The molecule has 1 aliphatic heterocycles. The van der Waals surface area contributed by atoms with E-state index in [-0.39, 0.29) is 30.2 Å². The number of nitrogens with zero attached hydrogens (tertiary/aromatic N) is 1. The van der Waals surface area contributed by atoms with Gasteiger partial charge in [-0.2, -0.15) is 0 Å². The summed E-state index contributed by atoms with van der Waals surface area (Å²) in [6.45, 7) is 3.66. The number of amides is 3. The molecule has 1 unspecified atom stereocenters. The van der Waals surface area contributed by atoms with Crippen molar-refractivity contribution in [2.24, 2.45) is 0 Å². The molecule has 0 spiro atoms. The number of hydrogen-bond donors (Lipinski definition) is 1. The molecule has 3 rings (SSSR count). The van der Waals surface area contributed by atoms with Gasteiger partial charge in [-0.15, -0.1) is 0 Å². The van der Waals surface area contributed by atoms with Crippen LogP contribution in [0, 0.1) is 6.92 Å². The molecule has 156 valence electrons. The lowest BCUT2D eigenvalue weighted by molar-refractivity contribution is -0.141. The Morgan fingerprint density at radius 3 is 2.50 bits per heavy atom. The predicted octanol–water partition coefficient (Wildman–Crippen LogP) is 3.10. The molecular weight excluding hydrogens is 404 g/mol. The van der Waals surface area contributed by atoms with Crippen molar-refractivity contribution in [1.82, 2.24) is 5.32 Å². The molecule has 0 saturated carbocycles. The molecule has 1 fully saturated rings. The Balaban J connectivity index is 1.84. The van der Waals surface area contributed by atoms with Gasteiger partial charge in [0.05, 0.1) is 11.9 Å². The van der Waals surface area contributed by atoms with Gasteiger partial charge in [0.25, 0.3) is 11.1 Å². The van der Waals surface area contributed by atoms with E-state index in [1.807, 2.05) is 19.1 Å². The molecule has 1 saturated heterocycles. The van der Waals surface area contributed by atoms with Gasteiger partial charge in [0.2, 0.25) is 5.91 Å². The van der Waals surface area contributed by atoms with E-state index in [1.165, 1.54) is 4.90 Å². The quantitative estimate of drug-likeness (QED) is 0.684. The van der Waals surface area contributed by atoms with Crippen molar-refractivity contribution in [3.8, 4) is 0 Å². The van der Waals surface area contributed by atoms with Gasteiger partial charge in [0.1, 0.15) is 6.54 Å². The Hall–Kier alpha value is -3.13.